The second-order valence-electron chi connectivity index (χ2n) is 8.21. The van der Waals surface area contributed by atoms with Crippen molar-refractivity contribution in [2.75, 3.05) is 20.2 Å². The lowest BCUT2D eigenvalue weighted by Gasteiger charge is -2.33. The minimum absolute atomic E-state index is 0.209. The van der Waals surface area contributed by atoms with Gasteiger partial charge < -0.3 is 15.0 Å². The van der Waals surface area contributed by atoms with E-state index in [0.717, 1.165) is 36.8 Å². The Labute approximate surface area is 183 Å². The van der Waals surface area contributed by atoms with Crippen LogP contribution in [-0.4, -0.2) is 48.9 Å². The van der Waals surface area contributed by atoms with Crippen molar-refractivity contribution < 1.29 is 19.1 Å². The monoisotopic (exact) mass is 422 g/mol. The molecule has 1 fully saturated rings. The third-order valence-electron chi connectivity index (χ3n) is 5.93. The highest BCUT2D eigenvalue weighted by Gasteiger charge is 2.25. The van der Waals surface area contributed by atoms with E-state index in [9.17, 15) is 14.4 Å². The largest absolute Gasteiger partial charge is 0.454 e. The zero-order valence-corrected chi connectivity index (χ0v) is 18.2. The molecule has 0 radical (unpaired) electrons. The van der Waals surface area contributed by atoms with E-state index in [1.165, 1.54) is 0 Å². The van der Waals surface area contributed by atoms with Gasteiger partial charge in [-0.05, 0) is 54.9 Å². The van der Waals surface area contributed by atoms with Gasteiger partial charge in [-0.2, -0.15) is 0 Å². The van der Waals surface area contributed by atoms with Gasteiger partial charge in [0.05, 0.1) is 0 Å². The van der Waals surface area contributed by atoms with Gasteiger partial charge in [0.2, 0.25) is 0 Å². The molecule has 0 unspecified atom stereocenters. The van der Waals surface area contributed by atoms with Gasteiger partial charge in [0.15, 0.2) is 6.61 Å². The van der Waals surface area contributed by atoms with Crippen LogP contribution < -0.4 is 5.32 Å². The normalized spacial score (nSPS) is 18.1. The van der Waals surface area contributed by atoms with E-state index in [0.29, 0.717) is 11.5 Å². The number of carbonyl (C=O) groups excluding carboxylic acids is 3. The van der Waals surface area contributed by atoms with E-state index in [2.05, 4.69) is 12.2 Å². The summed E-state index contributed by atoms with van der Waals surface area (Å²) in [4.78, 5) is 38.2. The molecule has 6 heteroatoms. The van der Waals surface area contributed by atoms with Crippen LogP contribution in [0.15, 0.2) is 54.6 Å². The molecule has 1 aliphatic carbocycles. The molecule has 0 heterocycles. The molecule has 0 bridgehead atoms. The molecule has 2 aromatic rings. The molecule has 3 rings (SSSR count). The Bertz CT molecular complexity index is 887. The number of nitrogens with one attached hydrogen (secondary N) is 1. The molecule has 1 saturated carbocycles. The molecular formula is C25H30N2O4. The Hall–Kier alpha value is -3.15. The first-order valence-electron chi connectivity index (χ1n) is 10.8. The highest BCUT2D eigenvalue weighted by Crippen LogP contribution is 2.26. The van der Waals surface area contributed by atoms with Gasteiger partial charge in [-0.15, -0.1) is 0 Å². The van der Waals surface area contributed by atoms with E-state index < -0.39 is 5.97 Å². The molecule has 1 N–H and O–H groups in total. The predicted molar refractivity (Wildman–Crippen MR) is 119 cm³/mol. The third-order valence-corrected chi connectivity index (χ3v) is 5.93. The molecule has 0 spiro atoms. The number of rotatable bonds is 7. The first-order chi connectivity index (χ1) is 14.9. The first-order valence-corrected chi connectivity index (χ1v) is 10.8. The van der Waals surface area contributed by atoms with E-state index in [1.54, 1.807) is 24.1 Å². The highest BCUT2D eigenvalue weighted by molar-refractivity contribution is 5.96. The lowest BCUT2D eigenvalue weighted by atomic mass is 9.87. The van der Waals surface area contributed by atoms with E-state index in [4.69, 9.17) is 4.74 Å². The molecular weight excluding hydrogens is 392 g/mol. The summed E-state index contributed by atoms with van der Waals surface area (Å²) in [5.74, 6) is -0.504. The molecule has 31 heavy (non-hydrogen) atoms. The lowest BCUT2D eigenvalue weighted by molar-refractivity contribution is -0.151. The Balaban J connectivity index is 1.41. The lowest BCUT2D eigenvalue weighted by Crippen LogP contribution is -2.42. The van der Waals surface area contributed by atoms with Gasteiger partial charge in [0.1, 0.15) is 6.54 Å². The summed E-state index contributed by atoms with van der Waals surface area (Å²) in [6.07, 6.45) is 4.19. The zero-order chi connectivity index (χ0) is 22.2. The van der Waals surface area contributed by atoms with E-state index in [1.807, 2.05) is 42.5 Å². The number of likely N-dealkylation sites (N-methyl/N-ethyl adjacent to an activating group) is 1. The summed E-state index contributed by atoms with van der Waals surface area (Å²) in [7, 11) is 1.76. The van der Waals surface area contributed by atoms with Gasteiger partial charge in [-0.3, -0.25) is 14.4 Å². The van der Waals surface area contributed by atoms with Gasteiger partial charge in [-0.1, -0.05) is 49.4 Å². The van der Waals surface area contributed by atoms with Crippen LogP contribution in [-0.2, 0) is 14.3 Å². The Morgan fingerprint density at radius 2 is 1.55 bits per heavy atom. The molecule has 1 aliphatic rings. The number of carbonyl (C=O) groups is 3. The summed E-state index contributed by atoms with van der Waals surface area (Å²) in [6.45, 7) is 1.64. The van der Waals surface area contributed by atoms with Gasteiger partial charge in [-0.25, -0.2) is 0 Å². The Morgan fingerprint density at radius 3 is 2.19 bits per heavy atom. The van der Waals surface area contributed by atoms with Crippen LogP contribution in [0, 0.1) is 5.92 Å². The van der Waals surface area contributed by atoms with Crippen LogP contribution in [0.1, 0.15) is 43.0 Å². The predicted octanol–water partition coefficient (Wildman–Crippen LogP) is 3.66. The van der Waals surface area contributed by atoms with Crippen LogP contribution in [0.4, 0.5) is 0 Å². The average Bonchev–Trinajstić information content (AvgIpc) is 2.81. The quantitative estimate of drug-likeness (QED) is 0.691. The van der Waals surface area contributed by atoms with Crippen molar-refractivity contribution in [2.24, 2.45) is 5.92 Å². The topological polar surface area (TPSA) is 75.7 Å². The number of benzene rings is 2. The number of esters is 1. The summed E-state index contributed by atoms with van der Waals surface area (Å²) >= 11 is 0. The van der Waals surface area contributed by atoms with E-state index in [-0.39, 0.29) is 31.0 Å². The summed E-state index contributed by atoms with van der Waals surface area (Å²) in [5.41, 5.74) is 2.52. The molecule has 0 aromatic heterocycles. The van der Waals surface area contributed by atoms with Gasteiger partial charge in [0.25, 0.3) is 11.8 Å². The summed E-state index contributed by atoms with van der Waals surface area (Å²) in [5, 5.41) is 2.54. The number of hydrogen-bond acceptors (Lipinski definition) is 4. The molecule has 2 amide bonds. The van der Waals surface area contributed by atoms with Crippen molar-refractivity contribution >= 4 is 17.8 Å². The molecule has 164 valence electrons. The first kappa shape index (κ1) is 22.5. The fourth-order valence-corrected chi connectivity index (χ4v) is 3.83. The molecule has 0 saturated heterocycles. The maximum Gasteiger partial charge on any atom is 0.325 e. The smallest absolute Gasteiger partial charge is 0.325 e. The van der Waals surface area contributed by atoms with Crippen LogP contribution in [0.2, 0.25) is 0 Å². The Morgan fingerprint density at radius 1 is 0.935 bits per heavy atom. The average molecular weight is 423 g/mol. The number of nitrogens with zero attached hydrogens (tertiary/aromatic N) is 1. The van der Waals surface area contributed by atoms with Crippen molar-refractivity contribution in [3.8, 4) is 11.1 Å². The van der Waals surface area contributed by atoms with Crippen molar-refractivity contribution in [2.45, 2.75) is 38.6 Å². The van der Waals surface area contributed by atoms with Crippen molar-refractivity contribution in [3.63, 3.8) is 0 Å². The SMILES string of the molecule is CC1CCC(N(C)C(=O)COC(=O)CNC(=O)c2ccc(-c3ccccc3)cc2)CC1. The summed E-state index contributed by atoms with van der Waals surface area (Å²) < 4.78 is 5.06. The minimum atomic E-state index is -0.631. The van der Waals surface area contributed by atoms with Crippen LogP contribution in [0.5, 0.6) is 0 Å². The number of hydrogen-bond donors (Lipinski definition) is 1. The summed E-state index contributed by atoms with van der Waals surface area (Å²) in [6, 6.07) is 17.2. The second-order valence-corrected chi connectivity index (χ2v) is 8.21. The zero-order valence-electron chi connectivity index (χ0n) is 18.2. The fourth-order valence-electron chi connectivity index (χ4n) is 3.83. The molecule has 6 nitrogen and oxygen atoms in total. The van der Waals surface area contributed by atoms with Gasteiger partial charge in [0, 0.05) is 18.7 Å². The minimum Gasteiger partial charge on any atom is -0.454 e. The van der Waals surface area contributed by atoms with Crippen molar-refractivity contribution in [3.05, 3.63) is 60.2 Å². The Kier molecular flexibility index (Phi) is 7.82. The van der Waals surface area contributed by atoms with Crippen molar-refractivity contribution in [1.29, 1.82) is 0 Å². The molecule has 0 atom stereocenters. The molecule has 2 aromatic carbocycles. The van der Waals surface area contributed by atoms with Crippen LogP contribution in [0.3, 0.4) is 0 Å². The van der Waals surface area contributed by atoms with Gasteiger partial charge >= 0.3 is 5.97 Å². The third kappa shape index (κ3) is 6.41. The second kappa shape index (κ2) is 10.8. The maximum atomic E-state index is 12.3. The van der Waals surface area contributed by atoms with E-state index >= 15 is 0 Å². The highest BCUT2D eigenvalue weighted by atomic mass is 16.5. The standard InChI is InChI=1S/C25H30N2O4/c1-18-8-14-22(15-9-18)27(2)23(28)17-31-24(29)16-26-25(30)21-12-10-20(11-13-21)19-6-4-3-5-7-19/h3-7,10-13,18,22H,8-9,14-17H2,1-2H3,(H,26,30). The fraction of sp³-hybridized carbons (Fsp3) is 0.400. The van der Waals surface area contributed by atoms with Crippen LogP contribution >= 0.6 is 0 Å². The van der Waals surface area contributed by atoms with Crippen molar-refractivity contribution in [1.82, 2.24) is 10.2 Å². The maximum absolute atomic E-state index is 12.3. The number of amides is 2. The number of ether oxygens (including phenoxy) is 1. The molecule has 0 aliphatic heterocycles. The van der Waals surface area contributed by atoms with Crippen LogP contribution in [0.25, 0.3) is 11.1 Å².